The molecule has 0 saturated carbocycles. The van der Waals surface area contributed by atoms with E-state index in [-0.39, 0.29) is 17.3 Å². The molecule has 6 nitrogen and oxygen atoms in total. The molecule has 1 atom stereocenters. The van der Waals surface area contributed by atoms with E-state index in [0.29, 0.717) is 34.8 Å². The van der Waals surface area contributed by atoms with Gasteiger partial charge in [-0.1, -0.05) is 37.7 Å². The summed E-state index contributed by atoms with van der Waals surface area (Å²) in [4.78, 5) is 12.6. The Labute approximate surface area is 185 Å². The zero-order chi connectivity index (χ0) is 22.4. The molecule has 3 aromatic rings. The van der Waals surface area contributed by atoms with Crippen molar-refractivity contribution in [3.63, 3.8) is 0 Å². The van der Waals surface area contributed by atoms with Gasteiger partial charge in [0, 0.05) is 12.1 Å². The number of carbonyl (C=O) groups excluding carboxylic acids is 1. The van der Waals surface area contributed by atoms with E-state index in [1.54, 1.807) is 49.6 Å². The molecule has 0 amide bonds. The predicted octanol–water partition coefficient (Wildman–Crippen LogP) is 5.20. The van der Waals surface area contributed by atoms with E-state index in [1.165, 1.54) is 17.8 Å². The number of benzene rings is 2. The van der Waals surface area contributed by atoms with Gasteiger partial charge >= 0.3 is 0 Å². The van der Waals surface area contributed by atoms with E-state index in [2.05, 4.69) is 24.0 Å². The SMILES string of the molecule is COc1ccc(C(=O)CSc2nnc(C(C)Oc3ccccc3F)n2CC(C)C)cc1. The second-order valence-corrected chi connectivity index (χ2v) is 8.42. The number of halogens is 1. The quantitative estimate of drug-likeness (QED) is 0.317. The monoisotopic (exact) mass is 443 g/mol. The highest BCUT2D eigenvalue weighted by Gasteiger charge is 2.22. The molecular weight excluding hydrogens is 417 g/mol. The van der Waals surface area contributed by atoms with Crippen LogP contribution in [-0.4, -0.2) is 33.4 Å². The maximum atomic E-state index is 14.0. The molecule has 1 aromatic heterocycles. The second kappa shape index (κ2) is 10.4. The summed E-state index contributed by atoms with van der Waals surface area (Å²) in [5, 5.41) is 9.20. The first-order valence-electron chi connectivity index (χ1n) is 10.0. The van der Waals surface area contributed by atoms with E-state index < -0.39 is 11.9 Å². The van der Waals surface area contributed by atoms with Gasteiger partial charge in [-0.3, -0.25) is 4.79 Å². The van der Waals surface area contributed by atoms with Gasteiger partial charge in [0.1, 0.15) is 5.75 Å². The maximum Gasteiger partial charge on any atom is 0.191 e. The number of para-hydroxylation sites is 1. The molecule has 1 unspecified atom stereocenters. The Kier molecular flexibility index (Phi) is 7.68. The third-order valence-electron chi connectivity index (χ3n) is 4.54. The normalized spacial score (nSPS) is 12.1. The fourth-order valence-electron chi connectivity index (χ4n) is 3.02. The number of Topliss-reactive ketones (excluding diaryl/α,β-unsaturated/α-hetero) is 1. The third kappa shape index (κ3) is 5.85. The summed E-state index contributed by atoms with van der Waals surface area (Å²) in [5.41, 5.74) is 0.611. The zero-order valence-electron chi connectivity index (χ0n) is 18.0. The van der Waals surface area contributed by atoms with Gasteiger partial charge in [-0.2, -0.15) is 0 Å². The molecule has 31 heavy (non-hydrogen) atoms. The van der Waals surface area contributed by atoms with Crippen molar-refractivity contribution in [1.82, 2.24) is 14.8 Å². The molecule has 0 fully saturated rings. The zero-order valence-corrected chi connectivity index (χ0v) is 18.9. The number of rotatable bonds is 10. The highest BCUT2D eigenvalue weighted by molar-refractivity contribution is 7.99. The van der Waals surface area contributed by atoms with Gasteiger partial charge < -0.3 is 14.0 Å². The van der Waals surface area contributed by atoms with Crippen molar-refractivity contribution in [3.05, 3.63) is 65.7 Å². The molecule has 0 aliphatic rings. The molecule has 1 heterocycles. The number of hydrogen-bond donors (Lipinski definition) is 0. The number of thioether (sulfide) groups is 1. The number of ether oxygens (including phenoxy) is 2. The van der Waals surface area contributed by atoms with Crippen molar-refractivity contribution in [1.29, 1.82) is 0 Å². The summed E-state index contributed by atoms with van der Waals surface area (Å²) in [7, 11) is 1.59. The molecule has 0 radical (unpaired) electrons. The number of nitrogens with zero attached hydrogens (tertiary/aromatic N) is 3. The Morgan fingerprint density at radius 1 is 1.10 bits per heavy atom. The molecule has 0 spiro atoms. The first kappa shape index (κ1) is 22.8. The molecule has 0 saturated heterocycles. The number of aromatic nitrogens is 3. The van der Waals surface area contributed by atoms with Gasteiger partial charge in [-0.25, -0.2) is 4.39 Å². The minimum Gasteiger partial charge on any atom is -0.497 e. The molecule has 0 aliphatic heterocycles. The summed E-state index contributed by atoms with van der Waals surface area (Å²) >= 11 is 1.33. The third-order valence-corrected chi connectivity index (χ3v) is 5.51. The molecule has 2 aromatic carbocycles. The highest BCUT2D eigenvalue weighted by atomic mass is 32.2. The Hall–Kier alpha value is -2.87. The summed E-state index contributed by atoms with van der Waals surface area (Å²) in [6, 6.07) is 13.3. The lowest BCUT2D eigenvalue weighted by molar-refractivity contribution is 0.102. The van der Waals surface area contributed by atoms with Crippen molar-refractivity contribution < 1.29 is 18.7 Å². The minimum absolute atomic E-state index is 0.0102. The highest BCUT2D eigenvalue weighted by Crippen LogP contribution is 2.27. The van der Waals surface area contributed by atoms with E-state index >= 15 is 0 Å². The van der Waals surface area contributed by atoms with Crippen LogP contribution >= 0.6 is 11.8 Å². The van der Waals surface area contributed by atoms with E-state index in [4.69, 9.17) is 9.47 Å². The first-order chi connectivity index (χ1) is 14.9. The summed E-state index contributed by atoms with van der Waals surface area (Å²) < 4.78 is 26.9. The number of methoxy groups -OCH3 is 1. The van der Waals surface area contributed by atoms with Gasteiger partial charge in [-0.15, -0.1) is 10.2 Å². The average molecular weight is 444 g/mol. The van der Waals surface area contributed by atoms with E-state index in [9.17, 15) is 9.18 Å². The Bertz CT molecular complexity index is 1020. The number of hydrogen-bond acceptors (Lipinski definition) is 6. The molecule has 0 aliphatic carbocycles. The topological polar surface area (TPSA) is 66.2 Å². The fraction of sp³-hybridized carbons (Fsp3) is 0.348. The van der Waals surface area contributed by atoms with Gasteiger partial charge in [0.05, 0.1) is 12.9 Å². The van der Waals surface area contributed by atoms with Crippen molar-refractivity contribution in [2.75, 3.05) is 12.9 Å². The van der Waals surface area contributed by atoms with Crippen LogP contribution in [0.2, 0.25) is 0 Å². The standard InChI is InChI=1S/C23H26FN3O3S/c1-15(2)13-27-22(16(3)30-21-8-6-5-7-19(21)24)25-26-23(27)31-14-20(28)17-9-11-18(29-4)12-10-17/h5-12,15-16H,13-14H2,1-4H3. The molecule has 3 rings (SSSR count). The Balaban J connectivity index is 1.75. The second-order valence-electron chi connectivity index (χ2n) is 7.48. The van der Waals surface area contributed by atoms with Crippen LogP contribution in [0.5, 0.6) is 11.5 Å². The van der Waals surface area contributed by atoms with E-state index in [0.717, 1.165) is 0 Å². The molecular formula is C23H26FN3O3S. The maximum absolute atomic E-state index is 14.0. The lowest BCUT2D eigenvalue weighted by Crippen LogP contribution is -2.16. The predicted molar refractivity (Wildman–Crippen MR) is 118 cm³/mol. The van der Waals surface area contributed by atoms with Crippen molar-refractivity contribution in [2.45, 2.75) is 38.6 Å². The van der Waals surface area contributed by atoms with Crippen LogP contribution in [0.4, 0.5) is 4.39 Å². The number of ketones is 1. The summed E-state index contributed by atoms with van der Waals surface area (Å²) in [5.74, 6) is 1.58. The van der Waals surface area contributed by atoms with Gasteiger partial charge in [0.15, 0.2) is 34.4 Å². The van der Waals surface area contributed by atoms with Crippen molar-refractivity contribution in [3.8, 4) is 11.5 Å². The Morgan fingerprint density at radius 3 is 2.45 bits per heavy atom. The summed E-state index contributed by atoms with van der Waals surface area (Å²) in [6.07, 6.45) is -0.505. The van der Waals surface area contributed by atoms with Crippen LogP contribution in [0.3, 0.4) is 0 Å². The van der Waals surface area contributed by atoms with Crippen molar-refractivity contribution in [2.24, 2.45) is 5.92 Å². The average Bonchev–Trinajstić information content (AvgIpc) is 3.15. The van der Waals surface area contributed by atoms with Crippen molar-refractivity contribution >= 4 is 17.5 Å². The lowest BCUT2D eigenvalue weighted by atomic mass is 10.1. The number of carbonyl (C=O) groups is 1. The minimum atomic E-state index is -0.505. The lowest BCUT2D eigenvalue weighted by Gasteiger charge is -2.18. The molecule has 0 N–H and O–H groups in total. The van der Waals surface area contributed by atoms with E-state index in [1.807, 2.05) is 11.5 Å². The first-order valence-corrected chi connectivity index (χ1v) is 11.0. The molecule has 164 valence electrons. The van der Waals surface area contributed by atoms with Crippen LogP contribution in [0.25, 0.3) is 0 Å². The largest absolute Gasteiger partial charge is 0.497 e. The molecule has 0 bridgehead atoms. The summed E-state index contributed by atoms with van der Waals surface area (Å²) in [6.45, 7) is 6.64. The Morgan fingerprint density at radius 2 is 1.81 bits per heavy atom. The van der Waals surface area contributed by atoms with Crippen LogP contribution in [0, 0.1) is 11.7 Å². The van der Waals surface area contributed by atoms with Gasteiger partial charge in [0.25, 0.3) is 0 Å². The van der Waals surface area contributed by atoms with Gasteiger partial charge in [-0.05, 0) is 49.2 Å². The van der Waals surface area contributed by atoms with Gasteiger partial charge in [0.2, 0.25) is 0 Å². The van der Waals surface area contributed by atoms with Crippen LogP contribution in [0.1, 0.15) is 43.1 Å². The van der Waals surface area contributed by atoms with Crippen LogP contribution < -0.4 is 9.47 Å². The fourth-order valence-corrected chi connectivity index (χ4v) is 3.87. The smallest absolute Gasteiger partial charge is 0.191 e. The molecule has 8 heteroatoms. The van der Waals surface area contributed by atoms with Crippen LogP contribution in [0.15, 0.2) is 53.7 Å². The van der Waals surface area contributed by atoms with Crippen LogP contribution in [-0.2, 0) is 6.54 Å².